The maximum atomic E-state index is 11.4. The van der Waals surface area contributed by atoms with Gasteiger partial charge in [-0.3, -0.25) is 4.79 Å². The maximum absolute atomic E-state index is 11.4. The summed E-state index contributed by atoms with van der Waals surface area (Å²) in [7, 11) is 3.14. The van der Waals surface area contributed by atoms with Crippen LogP contribution >= 0.6 is 11.8 Å². The molecule has 0 saturated carbocycles. The Kier molecular flexibility index (Phi) is 4.03. The van der Waals surface area contributed by atoms with Crippen LogP contribution in [-0.4, -0.2) is 26.3 Å². The maximum Gasteiger partial charge on any atom is 0.163 e. The minimum absolute atomic E-state index is 0.0268. The molecule has 15 heavy (non-hydrogen) atoms. The topological polar surface area (TPSA) is 35.5 Å². The molecule has 0 aliphatic carbocycles. The molecule has 0 amide bonds. The number of hydrogen-bond acceptors (Lipinski definition) is 4. The van der Waals surface area contributed by atoms with Crippen LogP contribution < -0.4 is 9.47 Å². The van der Waals surface area contributed by atoms with Gasteiger partial charge in [0.2, 0.25) is 0 Å². The second kappa shape index (κ2) is 5.07. The first-order valence-corrected chi connectivity index (χ1v) is 5.67. The van der Waals surface area contributed by atoms with Crippen LogP contribution in [0, 0.1) is 0 Å². The first-order chi connectivity index (χ1) is 7.13. The number of carbonyl (C=O) groups excluding carboxylic acids is 1. The molecule has 4 heteroatoms. The lowest BCUT2D eigenvalue weighted by Crippen LogP contribution is -2.00. The fourth-order valence-corrected chi connectivity index (χ4v) is 1.93. The second-order valence-corrected chi connectivity index (χ2v) is 3.81. The van der Waals surface area contributed by atoms with Crippen molar-refractivity contribution in [2.75, 3.05) is 20.5 Å². The fraction of sp³-hybridized carbons (Fsp3) is 0.364. The second-order valence-electron chi connectivity index (χ2n) is 2.97. The molecule has 0 heterocycles. The number of ketones is 1. The van der Waals surface area contributed by atoms with E-state index in [-0.39, 0.29) is 5.78 Å². The van der Waals surface area contributed by atoms with Gasteiger partial charge in [-0.05, 0) is 25.3 Å². The minimum atomic E-state index is -0.0268. The Morgan fingerprint density at radius 1 is 1.27 bits per heavy atom. The molecule has 0 N–H and O–H groups in total. The Labute approximate surface area is 93.8 Å². The molecule has 3 nitrogen and oxygen atoms in total. The molecule has 0 radical (unpaired) electrons. The predicted molar refractivity (Wildman–Crippen MR) is 61.3 cm³/mol. The lowest BCUT2D eigenvalue weighted by molar-refractivity contribution is 0.101. The van der Waals surface area contributed by atoms with Crippen LogP contribution in [0.15, 0.2) is 17.0 Å². The molecule has 0 bridgehead atoms. The lowest BCUT2D eigenvalue weighted by atomic mass is 10.1. The van der Waals surface area contributed by atoms with E-state index < -0.39 is 0 Å². The highest BCUT2D eigenvalue weighted by Gasteiger charge is 2.14. The summed E-state index contributed by atoms with van der Waals surface area (Å²) in [6.07, 6.45) is 1.93. The van der Waals surface area contributed by atoms with E-state index >= 15 is 0 Å². The number of carbonyl (C=O) groups is 1. The molecule has 1 rings (SSSR count). The smallest absolute Gasteiger partial charge is 0.163 e. The summed E-state index contributed by atoms with van der Waals surface area (Å²) in [6, 6.07) is 3.55. The van der Waals surface area contributed by atoms with Crippen molar-refractivity contribution in [1.29, 1.82) is 0 Å². The number of benzene rings is 1. The molecule has 0 fully saturated rings. The van der Waals surface area contributed by atoms with Gasteiger partial charge < -0.3 is 9.47 Å². The molecule has 82 valence electrons. The van der Waals surface area contributed by atoms with Crippen molar-refractivity contribution < 1.29 is 14.3 Å². The number of hydrogen-bond donors (Lipinski definition) is 0. The van der Waals surface area contributed by atoms with Gasteiger partial charge in [0.05, 0.1) is 24.7 Å². The molecule has 0 atom stereocenters. The number of methoxy groups -OCH3 is 2. The van der Waals surface area contributed by atoms with E-state index in [1.807, 2.05) is 12.3 Å². The predicted octanol–water partition coefficient (Wildman–Crippen LogP) is 2.63. The molecule has 0 aliphatic rings. The summed E-state index contributed by atoms with van der Waals surface area (Å²) in [5, 5.41) is 0. The number of ether oxygens (including phenoxy) is 2. The lowest BCUT2D eigenvalue weighted by Gasteiger charge is -2.12. The van der Waals surface area contributed by atoms with E-state index in [9.17, 15) is 4.79 Å². The highest BCUT2D eigenvalue weighted by Crippen LogP contribution is 2.35. The van der Waals surface area contributed by atoms with E-state index in [1.54, 1.807) is 20.3 Å². The van der Waals surface area contributed by atoms with Gasteiger partial charge in [-0.15, -0.1) is 11.8 Å². The van der Waals surface area contributed by atoms with Gasteiger partial charge in [0.25, 0.3) is 0 Å². The van der Waals surface area contributed by atoms with Crippen molar-refractivity contribution in [2.45, 2.75) is 11.8 Å². The molecule has 0 aromatic heterocycles. The van der Waals surface area contributed by atoms with E-state index in [0.717, 1.165) is 4.90 Å². The van der Waals surface area contributed by atoms with Gasteiger partial charge >= 0.3 is 0 Å². The Hall–Kier alpha value is -1.16. The zero-order valence-corrected chi connectivity index (χ0v) is 10.1. The van der Waals surface area contributed by atoms with Crippen LogP contribution in [0.5, 0.6) is 11.5 Å². The van der Waals surface area contributed by atoms with Gasteiger partial charge in [-0.25, -0.2) is 0 Å². The van der Waals surface area contributed by atoms with Gasteiger partial charge in [0, 0.05) is 0 Å². The van der Waals surface area contributed by atoms with Crippen LogP contribution in [0.3, 0.4) is 0 Å². The third-order valence-corrected chi connectivity index (χ3v) is 2.81. The van der Waals surface area contributed by atoms with Crippen molar-refractivity contribution in [2.24, 2.45) is 0 Å². The van der Waals surface area contributed by atoms with Crippen LogP contribution in [0.1, 0.15) is 17.3 Å². The number of Topliss-reactive ketones (excluding diaryl/α,β-unsaturated/α-hetero) is 1. The van der Waals surface area contributed by atoms with E-state index in [2.05, 4.69) is 0 Å². The number of thioether (sulfide) groups is 1. The van der Waals surface area contributed by atoms with Crippen molar-refractivity contribution in [3.8, 4) is 11.5 Å². The average molecular weight is 226 g/mol. The van der Waals surface area contributed by atoms with Crippen molar-refractivity contribution in [1.82, 2.24) is 0 Å². The van der Waals surface area contributed by atoms with Gasteiger partial charge in [0.1, 0.15) is 11.5 Å². The molecule has 0 spiro atoms. The Morgan fingerprint density at radius 3 is 2.33 bits per heavy atom. The standard InChI is InChI=1S/C11H14O3S/c1-7(12)9-5-8(13-2)6-10(15-4)11(9)14-3/h5-6H,1-4H3. The van der Waals surface area contributed by atoms with Gasteiger partial charge in [-0.1, -0.05) is 0 Å². The van der Waals surface area contributed by atoms with Crippen molar-refractivity contribution in [3.05, 3.63) is 17.7 Å². The molecule has 0 aliphatic heterocycles. The van der Waals surface area contributed by atoms with E-state index in [4.69, 9.17) is 9.47 Å². The average Bonchev–Trinajstić information content (AvgIpc) is 2.26. The number of rotatable bonds is 4. The summed E-state index contributed by atoms with van der Waals surface area (Å²) in [6.45, 7) is 1.52. The molecular formula is C11H14O3S. The molecule has 1 aromatic rings. The van der Waals surface area contributed by atoms with E-state index in [1.165, 1.54) is 18.7 Å². The first-order valence-electron chi connectivity index (χ1n) is 4.45. The third-order valence-electron chi connectivity index (χ3n) is 2.07. The summed E-state index contributed by atoms with van der Waals surface area (Å²) in [4.78, 5) is 12.3. The summed E-state index contributed by atoms with van der Waals surface area (Å²) in [5.74, 6) is 1.27. The van der Waals surface area contributed by atoms with Crippen LogP contribution in [0.2, 0.25) is 0 Å². The third kappa shape index (κ3) is 2.45. The largest absolute Gasteiger partial charge is 0.497 e. The Bertz CT molecular complexity index is 374. The quantitative estimate of drug-likeness (QED) is 0.584. The first kappa shape index (κ1) is 11.9. The Morgan fingerprint density at radius 2 is 1.93 bits per heavy atom. The van der Waals surface area contributed by atoms with Crippen LogP contribution in [0.25, 0.3) is 0 Å². The van der Waals surface area contributed by atoms with E-state index in [0.29, 0.717) is 17.1 Å². The fourth-order valence-electron chi connectivity index (χ4n) is 1.32. The molecule has 0 saturated heterocycles. The zero-order valence-electron chi connectivity index (χ0n) is 9.29. The summed E-state index contributed by atoms with van der Waals surface area (Å²) >= 11 is 1.52. The molecular weight excluding hydrogens is 212 g/mol. The van der Waals surface area contributed by atoms with Gasteiger partial charge in [0.15, 0.2) is 5.78 Å². The Balaban J connectivity index is 3.39. The van der Waals surface area contributed by atoms with Crippen molar-refractivity contribution >= 4 is 17.5 Å². The molecule has 1 aromatic carbocycles. The SMILES string of the molecule is COc1cc(SC)c(OC)c(C(C)=O)c1. The normalized spacial score (nSPS) is 9.87. The zero-order chi connectivity index (χ0) is 11.4. The van der Waals surface area contributed by atoms with Crippen molar-refractivity contribution in [3.63, 3.8) is 0 Å². The van der Waals surface area contributed by atoms with Crippen LogP contribution in [-0.2, 0) is 0 Å². The monoisotopic (exact) mass is 226 g/mol. The van der Waals surface area contributed by atoms with Gasteiger partial charge in [-0.2, -0.15) is 0 Å². The summed E-state index contributed by atoms with van der Waals surface area (Å²) < 4.78 is 10.4. The summed E-state index contributed by atoms with van der Waals surface area (Å²) in [5.41, 5.74) is 0.557. The molecule has 0 unspecified atom stereocenters. The van der Waals surface area contributed by atoms with Crippen LogP contribution in [0.4, 0.5) is 0 Å². The highest BCUT2D eigenvalue weighted by molar-refractivity contribution is 7.98. The minimum Gasteiger partial charge on any atom is -0.497 e. The highest BCUT2D eigenvalue weighted by atomic mass is 32.2.